The van der Waals surface area contributed by atoms with Crippen LogP contribution in [0.2, 0.25) is 5.02 Å². The van der Waals surface area contributed by atoms with Crippen molar-refractivity contribution in [2.75, 3.05) is 13.1 Å². The highest BCUT2D eigenvalue weighted by atomic mass is 35.5. The number of hydrogen-bond donors (Lipinski definition) is 2. The standard InChI is InChI=1S/C27H41ClN2O/c1-18(26(2,3)4)29-9-5-6-19-7-8-24(28)23(13-19)25(31)30-17-27-14-20-10-21(15-27)12-22(11-20)16-27/h7-8,13,18,20-22,29H,5-6,9-12,14-17H2,1-4H3,(H,30,31). The number of carbonyl (C=O) groups excluding carboxylic acids is 1. The van der Waals surface area contributed by atoms with Gasteiger partial charge < -0.3 is 10.6 Å². The van der Waals surface area contributed by atoms with Gasteiger partial charge in [0.05, 0.1) is 10.6 Å². The van der Waals surface area contributed by atoms with Crippen molar-refractivity contribution in [1.82, 2.24) is 10.6 Å². The van der Waals surface area contributed by atoms with Gasteiger partial charge in [-0.2, -0.15) is 0 Å². The van der Waals surface area contributed by atoms with Crippen molar-refractivity contribution in [2.24, 2.45) is 28.6 Å². The molecule has 1 unspecified atom stereocenters. The largest absolute Gasteiger partial charge is 0.351 e. The summed E-state index contributed by atoms with van der Waals surface area (Å²) in [5.41, 5.74) is 2.45. The summed E-state index contributed by atoms with van der Waals surface area (Å²) in [6.07, 6.45) is 10.2. The van der Waals surface area contributed by atoms with Crippen molar-refractivity contribution in [3.63, 3.8) is 0 Å². The third-order valence-electron chi connectivity index (χ3n) is 8.46. The first-order valence-electron chi connectivity index (χ1n) is 12.4. The van der Waals surface area contributed by atoms with Crippen LogP contribution in [0, 0.1) is 28.6 Å². The second-order valence-electron chi connectivity index (χ2n) is 12.1. The first-order chi connectivity index (χ1) is 14.6. The van der Waals surface area contributed by atoms with Crippen molar-refractivity contribution in [3.05, 3.63) is 34.3 Å². The highest BCUT2D eigenvalue weighted by Gasteiger charge is 2.50. The van der Waals surface area contributed by atoms with Gasteiger partial charge in [0, 0.05) is 12.6 Å². The van der Waals surface area contributed by atoms with Crippen molar-refractivity contribution < 1.29 is 4.79 Å². The molecule has 4 fully saturated rings. The zero-order valence-electron chi connectivity index (χ0n) is 19.9. The van der Waals surface area contributed by atoms with Crippen LogP contribution >= 0.6 is 11.6 Å². The molecule has 1 atom stereocenters. The van der Waals surface area contributed by atoms with E-state index in [0.717, 1.165) is 43.7 Å². The Balaban J connectivity index is 1.30. The molecule has 1 aromatic rings. The number of carbonyl (C=O) groups is 1. The number of halogens is 1. The maximum Gasteiger partial charge on any atom is 0.252 e. The molecule has 0 aromatic heterocycles. The molecule has 2 N–H and O–H groups in total. The number of benzene rings is 1. The van der Waals surface area contributed by atoms with Crippen molar-refractivity contribution in [2.45, 2.75) is 85.1 Å². The lowest BCUT2D eigenvalue weighted by Gasteiger charge is -2.56. The molecular formula is C27H41ClN2O. The fraction of sp³-hybridized carbons (Fsp3) is 0.741. The minimum atomic E-state index is 0.00192. The molecule has 4 aliphatic carbocycles. The minimum Gasteiger partial charge on any atom is -0.351 e. The van der Waals surface area contributed by atoms with E-state index in [1.807, 2.05) is 12.1 Å². The van der Waals surface area contributed by atoms with E-state index in [4.69, 9.17) is 11.6 Å². The van der Waals surface area contributed by atoms with Gasteiger partial charge in [-0.1, -0.05) is 38.4 Å². The van der Waals surface area contributed by atoms with Crippen LogP contribution < -0.4 is 10.6 Å². The summed E-state index contributed by atoms with van der Waals surface area (Å²) in [5.74, 6) is 2.72. The van der Waals surface area contributed by atoms with E-state index in [1.165, 1.54) is 44.1 Å². The molecule has 0 spiro atoms. The van der Waals surface area contributed by atoms with Crippen molar-refractivity contribution in [1.29, 1.82) is 0 Å². The van der Waals surface area contributed by atoms with Crippen LogP contribution in [0.5, 0.6) is 0 Å². The first kappa shape index (κ1) is 23.1. The summed E-state index contributed by atoms with van der Waals surface area (Å²) in [7, 11) is 0. The number of nitrogens with one attached hydrogen (secondary N) is 2. The lowest BCUT2D eigenvalue weighted by molar-refractivity contribution is -0.0503. The predicted octanol–water partition coefficient (Wildman–Crippen LogP) is 6.24. The van der Waals surface area contributed by atoms with E-state index in [2.05, 4.69) is 44.4 Å². The van der Waals surface area contributed by atoms with Crippen LogP contribution in [0.25, 0.3) is 0 Å². The van der Waals surface area contributed by atoms with Crippen LogP contribution in [0.1, 0.15) is 88.6 Å². The van der Waals surface area contributed by atoms with Gasteiger partial charge in [0.25, 0.3) is 5.91 Å². The van der Waals surface area contributed by atoms with E-state index in [1.54, 1.807) is 0 Å². The maximum atomic E-state index is 13.0. The molecule has 1 amide bonds. The molecular weight excluding hydrogens is 404 g/mol. The fourth-order valence-corrected chi connectivity index (χ4v) is 6.89. The lowest BCUT2D eigenvalue weighted by Crippen LogP contribution is -2.51. The van der Waals surface area contributed by atoms with Gasteiger partial charge in [0.2, 0.25) is 0 Å². The quantitative estimate of drug-likeness (QED) is 0.465. The lowest BCUT2D eigenvalue weighted by atomic mass is 9.49. The SMILES string of the molecule is CC(NCCCc1ccc(Cl)c(C(=O)NCC23CC4CC(CC(C4)C2)C3)c1)C(C)(C)C. The normalized spacial score (nSPS) is 30.4. The van der Waals surface area contributed by atoms with Gasteiger partial charge in [-0.15, -0.1) is 0 Å². The van der Waals surface area contributed by atoms with Gasteiger partial charge in [-0.3, -0.25) is 4.79 Å². The van der Waals surface area contributed by atoms with E-state index in [9.17, 15) is 4.79 Å². The predicted molar refractivity (Wildman–Crippen MR) is 130 cm³/mol. The molecule has 4 heteroatoms. The topological polar surface area (TPSA) is 41.1 Å². The van der Waals surface area contributed by atoms with E-state index in [-0.39, 0.29) is 11.3 Å². The summed E-state index contributed by atoms with van der Waals surface area (Å²) < 4.78 is 0. The van der Waals surface area contributed by atoms with Crippen LogP contribution in [-0.2, 0) is 6.42 Å². The second kappa shape index (κ2) is 9.06. The summed E-state index contributed by atoms with van der Waals surface area (Å²) in [4.78, 5) is 13.0. The Morgan fingerprint density at radius 2 is 1.74 bits per heavy atom. The Labute approximate surface area is 194 Å². The first-order valence-corrected chi connectivity index (χ1v) is 12.8. The summed E-state index contributed by atoms with van der Waals surface area (Å²) in [6.45, 7) is 10.8. The zero-order chi connectivity index (χ0) is 22.2. The molecule has 5 rings (SSSR count). The molecule has 3 nitrogen and oxygen atoms in total. The Morgan fingerprint density at radius 3 is 2.32 bits per heavy atom. The summed E-state index contributed by atoms with van der Waals surface area (Å²) >= 11 is 6.43. The van der Waals surface area contributed by atoms with Gasteiger partial charge in [-0.25, -0.2) is 0 Å². The highest BCUT2D eigenvalue weighted by Crippen LogP contribution is 2.59. The highest BCUT2D eigenvalue weighted by molar-refractivity contribution is 6.33. The maximum absolute atomic E-state index is 13.0. The van der Waals surface area contributed by atoms with E-state index < -0.39 is 0 Å². The molecule has 4 bridgehead atoms. The van der Waals surface area contributed by atoms with Gasteiger partial charge in [0.15, 0.2) is 0 Å². The van der Waals surface area contributed by atoms with Crippen LogP contribution in [0.15, 0.2) is 18.2 Å². The molecule has 0 aliphatic heterocycles. The summed E-state index contributed by atoms with van der Waals surface area (Å²) in [5, 5.41) is 7.47. The molecule has 31 heavy (non-hydrogen) atoms. The van der Waals surface area contributed by atoms with Crippen molar-refractivity contribution >= 4 is 17.5 Å². The minimum absolute atomic E-state index is 0.00192. The molecule has 0 heterocycles. The molecule has 4 aliphatic rings. The average molecular weight is 445 g/mol. The Bertz CT molecular complexity index is 762. The summed E-state index contributed by atoms with van der Waals surface area (Å²) in [6, 6.07) is 6.43. The number of amides is 1. The van der Waals surface area contributed by atoms with E-state index in [0.29, 0.717) is 22.0 Å². The molecule has 0 saturated heterocycles. The zero-order valence-corrected chi connectivity index (χ0v) is 20.7. The average Bonchev–Trinajstić information content (AvgIpc) is 2.68. The van der Waals surface area contributed by atoms with Gasteiger partial charge >= 0.3 is 0 Å². The number of rotatable bonds is 8. The third kappa shape index (κ3) is 5.47. The van der Waals surface area contributed by atoms with Crippen LogP contribution in [0.4, 0.5) is 0 Å². The third-order valence-corrected chi connectivity index (χ3v) is 8.79. The van der Waals surface area contributed by atoms with Gasteiger partial charge in [0.1, 0.15) is 0 Å². The van der Waals surface area contributed by atoms with Crippen LogP contribution in [0.3, 0.4) is 0 Å². The Hall–Kier alpha value is -1.06. The van der Waals surface area contributed by atoms with Crippen molar-refractivity contribution in [3.8, 4) is 0 Å². The van der Waals surface area contributed by atoms with Crippen LogP contribution in [-0.4, -0.2) is 25.0 Å². The molecule has 172 valence electrons. The molecule has 1 aromatic carbocycles. The smallest absolute Gasteiger partial charge is 0.252 e. The Kier molecular flexibility index (Phi) is 6.75. The van der Waals surface area contributed by atoms with Gasteiger partial charge in [-0.05, 0) is 111 Å². The fourth-order valence-electron chi connectivity index (χ4n) is 6.69. The Morgan fingerprint density at radius 1 is 1.13 bits per heavy atom. The second-order valence-corrected chi connectivity index (χ2v) is 12.5. The number of hydrogen-bond acceptors (Lipinski definition) is 2. The monoisotopic (exact) mass is 444 g/mol. The molecule has 4 saturated carbocycles. The number of aryl methyl sites for hydroxylation is 1. The molecule has 0 radical (unpaired) electrons. The van der Waals surface area contributed by atoms with E-state index >= 15 is 0 Å².